The van der Waals surface area contributed by atoms with Crippen molar-refractivity contribution >= 4 is 33.5 Å². The second-order valence-electron chi connectivity index (χ2n) is 9.23. The molecule has 10 heteroatoms. The zero-order chi connectivity index (χ0) is 26.3. The SMILES string of the molecule is CCn1ncc(CN(C)C(=O)c2nc(-c3cc4c(N)[nH]nc4cc3C)nc3ccc(COC)cc23)c1C. The summed E-state index contributed by atoms with van der Waals surface area (Å²) in [5, 5.41) is 12.9. The maximum Gasteiger partial charge on any atom is 0.273 e. The van der Waals surface area contributed by atoms with Gasteiger partial charge in [-0.2, -0.15) is 10.2 Å². The second kappa shape index (κ2) is 9.62. The Balaban J connectivity index is 1.63. The third-order valence-corrected chi connectivity index (χ3v) is 6.70. The highest BCUT2D eigenvalue weighted by molar-refractivity contribution is 6.05. The number of nitrogens with two attached hydrogens (primary N) is 1. The number of hydrogen-bond donors (Lipinski definition) is 2. The first-order valence-electron chi connectivity index (χ1n) is 12.1. The fourth-order valence-electron chi connectivity index (χ4n) is 4.61. The number of carbonyl (C=O) groups is 1. The minimum absolute atomic E-state index is 0.201. The fraction of sp³-hybridized carbons (Fsp3) is 0.296. The lowest BCUT2D eigenvalue weighted by atomic mass is 10.0. The van der Waals surface area contributed by atoms with Gasteiger partial charge in [-0.1, -0.05) is 6.07 Å². The second-order valence-corrected chi connectivity index (χ2v) is 9.23. The molecule has 3 aromatic heterocycles. The Kier molecular flexibility index (Phi) is 6.34. The summed E-state index contributed by atoms with van der Waals surface area (Å²) >= 11 is 0. The van der Waals surface area contributed by atoms with Gasteiger partial charge >= 0.3 is 0 Å². The van der Waals surface area contributed by atoms with Crippen molar-refractivity contribution in [2.45, 2.75) is 40.5 Å². The van der Waals surface area contributed by atoms with Crippen LogP contribution < -0.4 is 5.73 Å². The zero-order valence-electron chi connectivity index (χ0n) is 21.7. The van der Waals surface area contributed by atoms with E-state index >= 15 is 0 Å². The first-order valence-corrected chi connectivity index (χ1v) is 12.1. The molecule has 3 heterocycles. The lowest BCUT2D eigenvalue weighted by molar-refractivity contribution is 0.0781. The molecule has 0 unspecified atom stereocenters. The Morgan fingerprint density at radius 3 is 2.68 bits per heavy atom. The summed E-state index contributed by atoms with van der Waals surface area (Å²) in [6.45, 7) is 7.64. The predicted octanol–water partition coefficient (Wildman–Crippen LogP) is 4.01. The molecule has 0 atom stereocenters. The summed E-state index contributed by atoms with van der Waals surface area (Å²) in [4.78, 5) is 25.2. The van der Waals surface area contributed by atoms with E-state index in [-0.39, 0.29) is 5.91 Å². The number of aryl methyl sites for hydroxylation is 2. The van der Waals surface area contributed by atoms with Crippen LogP contribution >= 0.6 is 0 Å². The van der Waals surface area contributed by atoms with Crippen LogP contribution in [0.4, 0.5) is 5.82 Å². The minimum atomic E-state index is -0.201. The van der Waals surface area contributed by atoms with Gasteiger partial charge in [-0.3, -0.25) is 14.6 Å². The molecule has 0 saturated heterocycles. The molecule has 0 spiro atoms. The molecular formula is C27H30N8O2. The molecule has 3 N–H and O–H groups in total. The van der Waals surface area contributed by atoms with Crippen molar-refractivity contribution in [3.8, 4) is 11.4 Å². The Morgan fingerprint density at radius 1 is 1.14 bits per heavy atom. The van der Waals surface area contributed by atoms with E-state index in [0.717, 1.165) is 45.4 Å². The van der Waals surface area contributed by atoms with Crippen molar-refractivity contribution in [3.05, 3.63) is 64.6 Å². The monoisotopic (exact) mass is 498 g/mol. The van der Waals surface area contributed by atoms with Gasteiger partial charge in [0.2, 0.25) is 0 Å². The number of amides is 1. The van der Waals surface area contributed by atoms with Gasteiger partial charge in [-0.05, 0) is 56.2 Å². The molecule has 0 fully saturated rings. The van der Waals surface area contributed by atoms with Crippen molar-refractivity contribution in [1.29, 1.82) is 0 Å². The Bertz CT molecular complexity index is 1640. The van der Waals surface area contributed by atoms with Gasteiger partial charge in [0, 0.05) is 54.8 Å². The Hall–Kier alpha value is -4.31. The van der Waals surface area contributed by atoms with Crippen LogP contribution in [0.3, 0.4) is 0 Å². The quantitative estimate of drug-likeness (QED) is 0.347. The van der Waals surface area contributed by atoms with Gasteiger partial charge in [0.25, 0.3) is 5.91 Å². The van der Waals surface area contributed by atoms with Crippen LogP contribution in [0.5, 0.6) is 0 Å². The number of ether oxygens (including phenoxy) is 1. The third kappa shape index (κ3) is 4.40. The lowest BCUT2D eigenvalue weighted by Crippen LogP contribution is -2.28. The molecule has 190 valence electrons. The molecule has 0 bridgehead atoms. The highest BCUT2D eigenvalue weighted by Crippen LogP contribution is 2.30. The number of nitrogen functional groups attached to an aromatic ring is 1. The fourth-order valence-corrected chi connectivity index (χ4v) is 4.61. The van der Waals surface area contributed by atoms with Crippen molar-refractivity contribution < 1.29 is 9.53 Å². The maximum atomic E-state index is 13.9. The number of hydrogen-bond acceptors (Lipinski definition) is 7. The van der Waals surface area contributed by atoms with Crippen molar-refractivity contribution in [2.75, 3.05) is 19.9 Å². The van der Waals surface area contributed by atoms with E-state index in [1.165, 1.54) is 0 Å². The topological polar surface area (TPSA) is 128 Å². The van der Waals surface area contributed by atoms with E-state index in [4.69, 9.17) is 20.4 Å². The largest absolute Gasteiger partial charge is 0.384 e. The van der Waals surface area contributed by atoms with Crippen LogP contribution in [-0.2, 0) is 24.4 Å². The predicted molar refractivity (Wildman–Crippen MR) is 143 cm³/mol. The van der Waals surface area contributed by atoms with E-state index in [0.29, 0.717) is 41.4 Å². The molecule has 5 aromatic rings. The third-order valence-electron chi connectivity index (χ3n) is 6.70. The van der Waals surface area contributed by atoms with Crippen LogP contribution in [0.2, 0.25) is 0 Å². The molecule has 10 nitrogen and oxygen atoms in total. The molecule has 0 saturated carbocycles. The summed E-state index contributed by atoms with van der Waals surface area (Å²) < 4.78 is 7.24. The number of benzene rings is 2. The summed E-state index contributed by atoms with van der Waals surface area (Å²) in [5.41, 5.74) is 12.6. The Morgan fingerprint density at radius 2 is 1.95 bits per heavy atom. The number of aromatic nitrogens is 6. The van der Waals surface area contributed by atoms with Gasteiger partial charge in [-0.15, -0.1) is 0 Å². The van der Waals surface area contributed by atoms with E-state index < -0.39 is 0 Å². The number of nitrogens with one attached hydrogen (secondary N) is 1. The normalized spacial score (nSPS) is 11.5. The standard InChI is InChI=1S/C27H30N8O2/c1-6-35-16(3)18(12-29-35)13-34(4)27(36)24-20-10-17(14-37-5)7-8-22(20)30-26(31-24)19-11-21-23(9-15(19)2)32-33-25(21)28/h7-12H,6,13-14H2,1-5H3,(H3,28,32,33). The first kappa shape index (κ1) is 24.4. The molecule has 2 aromatic carbocycles. The molecule has 0 aliphatic rings. The van der Waals surface area contributed by atoms with E-state index in [1.54, 1.807) is 19.1 Å². The molecule has 0 aliphatic heterocycles. The Labute approximate surface area is 214 Å². The van der Waals surface area contributed by atoms with Crippen LogP contribution in [0.15, 0.2) is 36.5 Å². The molecular weight excluding hydrogens is 468 g/mol. The molecule has 5 rings (SSSR count). The van der Waals surface area contributed by atoms with Gasteiger partial charge in [0.15, 0.2) is 5.82 Å². The number of nitrogens with zero attached hydrogens (tertiary/aromatic N) is 6. The highest BCUT2D eigenvalue weighted by atomic mass is 16.5. The average Bonchev–Trinajstić information content (AvgIpc) is 3.43. The summed E-state index contributed by atoms with van der Waals surface area (Å²) in [7, 11) is 3.42. The number of aromatic amines is 1. The van der Waals surface area contributed by atoms with Crippen LogP contribution in [0, 0.1) is 13.8 Å². The van der Waals surface area contributed by atoms with Crippen LogP contribution in [-0.4, -0.2) is 54.9 Å². The highest BCUT2D eigenvalue weighted by Gasteiger charge is 2.22. The summed E-state index contributed by atoms with van der Waals surface area (Å²) in [6, 6.07) is 9.64. The summed E-state index contributed by atoms with van der Waals surface area (Å²) in [6.07, 6.45) is 1.82. The summed E-state index contributed by atoms with van der Waals surface area (Å²) in [5.74, 6) is 0.729. The number of methoxy groups -OCH3 is 1. The lowest BCUT2D eigenvalue weighted by Gasteiger charge is -2.19. The smallest absolute Gasteiger partial charge is 0.273 e. The van der Waals surface area contributed by atoms with Crippen molar-refractivity contribution in [2.24, 2.45) is 0 Å². The van der Waals surface area contributed by atoms with E-state index in [1.807, 2.05) is 62.0 Å². The zero-order valence-corrected chi connectivity index (χ0v) is 21.7. The first-order chi connectivity index (χ1) is 17.8. The van der Waals surface area contributed by atoms with Crippen molar-refractivity contribution in [1.82, 2.24) is 34.8 Å². The van der Waals surface area contributed by atoms with Crippen LogP contribution in [0.1, 0.15) is 39.8 Å². The molecule has 0 aliphatic carbocycles. The van der Waals surface area contributed by atoms with E-state index in [9.17, 15) is 4.79 Å². The maximum absolute atomic E-state index is 13.9. The number of fused-ring (bicyclic) bond motifs is 2. The van der Waals surface area contributed by atoms with E-state index in [2.05, 4.69) is 15.3 Å². The number of carbonyl (C=O) groups excluding carboxylic acids is 1. The average molecular weight is 499 g/mol. The van der Waals surface area contributed by atoms with Crippen LogP contribution in [0.25, 0.3) is 33.2 Å². The number of H-pyrrole nitrogens is 1. The molecule has 0 radical (unpaired) electrons. The number of rotatable bonds is 7. The van der Waals surface area contributed by atoms with Gasteiger partial charge in [0.1, 0.15) is 11.5 Å². The molecule has 1 amide bonds. The van der Waals surface area contributed by atoms with Gasteiger partial charge < -0.3 is 15.4 Å². The van der Waals surface area contributed by atoms with Gasteiger partial charge in [0.05, 0.1) is 23.8 Å². The minimum Gasteiger partial charge on any atom is -0.384 e. The molecule has 37 heavy (non-hydrogen) atoms. The number of anilines is 1. The van der Waals surface area contributed by atoms with Gasteiger partial charge in [-0.25, -0.2) is 9.97 Å². The van der Waals surface area contributed by atoms with Crippen molar-refractivity contribution in [3.63, 3.8) is 0 Å².